The second-order valence-corrected chi connectivity index (χ2v) is 10.0. The van der Waals surface area contributed by atoms with E-state index in [0.29, 0.717) is 10.5 Å². The van der Waals surface area contributed by atoms with E-state index in [9.17, 15) is 0 Å². The third kappa shape index (κ3) is 1.65. The Morgan fingerprint density at radius 3 is 3.00 bits per heavy atom. The van der Waals surface area contributed by atoms with Gasteiger partial charge in [-0.25, -0.2) is 4.99 Å². The van der Waals surface area contributed by atoms with Crippen LogP contribution in [0.1, 0.15) is 16.6 Å². The van der Waals surface area contributed by atoms with Gasteiger partial charge in [-0.15, -0.1) is 11.8 Å². The Morgan fingerprint density at radius 2 is 2.00 bits per heavy atom. The van der Waals surface area contributed by atoms with Gasteiger partial charge in [0.1, 0.15) is 9.74 Å². The average Bonchev–Trinajstić information content (AvgIpc) is 3.38. The SMILES string of the molecule is C1=CC2=NC1=Cc1ccc([nH]1)C1SC3C4=NC1(C=C4)SC31C=CC(=C2)N1. The van der Waals surface area contributed by atoms with Crippen molar-refractivity contribution in [3.05, 3.63) is 77.4 Å². The molecule has 4 unspecified atom stereocenters. The van der Waals surface area contributed by atoms with E-state index in [1.165, 1.54) is 11.4 Å². The van der Waals surface area contributed by atoms with Crippen LogP contribution in [0.5, 0.6) is 0 Å². The molecule has 8 aliphatic heterocycles. The van der Waals surface area contributed by atoms with Crippen LogP contribution in [0.3, 0.4) is 0 Å². The van der Waals surface area contributed by atoms with E-state index < -0.39 is 0 Å². The minimum absolute atomic E-state index is 0.130. The summed E-state index contributed by atoms with van der Waals surface area (Å²) < 4.78 is 0. The Balaban J connectivity index is 1.48. The van der Waals surface area contributed by atoms with Gasteiger partial charge in [0.2, 0.25) is 0 Å². The number of aliphatic imine (C=N–C) groups is 2. The molecule has 2 N–H and O–H groups in total. The molecule has 9 rings (SSSR count). The van der Waals surface area contributed by atoms with E-state index >= 15 is 0 Å². The maximum Gasteiger partial charge on any atom is 0.145 e. The van der Waals surface area contributed by atoms with E-state index in [1.54, 1.807) is 0 Å². The van der Waals surface area contributed by atoms with Crippen LogP contribution in [0.2, 0.25) is 0 Å². The lowest BCUT2D eigenvalue weighted by Crippen LogP contribution is -2.58. The first-order valence-corrected chi connectivity index (χ1v) is 10.5. The molecule has 126 valence electrons. The first-order valence-electron chi connectivity index (χ1n) is 8.73. The summed E-state index contributed by atoms with van der Waals surface area (Å²) >= 11 is 3.97. The predicted octanol–water partition coefficient (Wildman–Crippen LogP) is 3.73. The zero-order valence-corrected chi connectivity index (χ0v) is 15.3. The first-order chi connectivity index (χ1) is 12.7. The Bertz CT molecular complexity index is 1100. The first kappa shape index (κ1) is 13.9. The second kappa shape index (κ2) is 4.38. The van der Waals surface area contributed by atoms with Crippen molar-refractivity contribution in [1.82, 2.24) is 10.3 Å². The van der Waals surface area contributed by atoms with E-state index in [2.05, 4.69) is 71.0 Å². The van der Waals surface area contributed by atoms with Crippen molar-refractivity contribution >= 4 is 41.0 Å². The van der Waals surface area contributed by atoms with Gasteiger partial charge < -0.3 is 10.3 Å². The molecule has 6 heteroatoms. The zero-order valence-electron chi connectivity index (χ0n) is 13.6. The van der Waals surface area contributed by atoms with Crippen LogP contribution in [0.15, 0.2) is 76.0 Å². The fraction of sp³-hybridized carbons (Fsp3) is 0.200. The molecular weight excluding hydrogens is 360 g/mol. The fourth-order valence-corrected chi connectivity index (χ4v) is 8.20. The normalized spacial score (nSPS) is 39.5. The van der Waals surface area contributed by atoms with E-state index in [4.69, 9.17) is 9.98 Å². The van der Waals surface area contributed by atoms with Gasteiger partial charge in [0.05, 0.1) is 27.6 Å². The Morgan fingerprint density at radius 1 is 1.00 bits per heavy atom. The maximum atomic E-state index is 5.12. The molecule has 8 aliphatic rings. The van der Waals surface area contributed by atoms with Crippen molar-refractivity contribution in [3.63, 3.8) is 0 Å². The number of allylic oxidation sites excluding steroid dienone is 5. The Hall–Kier alpha value is -2.18. The number of thioether (sulfide) groups is 2. The summed E-state index contributed by atoms with van der Waals surface area (Å²) in [5, 5.41) is 4.37. The van der Waals surface area contributed by atoms with Gasteiger partial charge in [-0.1, -0.05) is 11.8 Å². The van der Waals surface area contributed by atoms with Crippen molar-refractivity contribution in [2.45, 2.75) is 20.2 Å². The zero-order chi connectivity index (χ0) is 16.9. The summed E-state index contributed by atoms with van der Waals surface area (Å²) in [5.74, 6) is 0. The molecule has 1 fully saturated rings. The highest BCUT2D eigenvalue weighted by molar-refractivity contribution is 8.09. The number of nitrogens with zero attached hydrogens (tertiary/aromatic N) is 2. The summed E-state index contributed by atoms with van der Waals surface area (Å²) in [5.41, 5.74) is 6.63. The van der Waals surface area contributed by atoms with Gasteiger partial charge in [-0.05, 0) is 60.7 Å². The lowest BCUT2D eigenvalue weighted by Gasteiger charge is -2.52. The van der Waals surface area contributed by atoms with Crippen molar-refractivity contribution < 1.29 is 0 Å². The molecule has 4 atom stereocenters. The third-order valence-electron chi connectivity index (χ3n) is 5.59. The molecule has 10 bridgehead atoms. The van der Waals surface area contributed by atoms with Gasteiger partial charge >= 0.3 is 0 Å². The Kier molecular flexibility index (Phi) is 2.35. The number of nitrogens with one attached hydrogen (secondary N) is 2. The molecule has 2 spiro atoms. The van der Waals surface area contributed by atoms with Crippen molar-refractivity contribution in [2.24, 2.45) is 9.98 Å². The van der Waals surface area contributed by atoms with Crippen LogP contribution in [0.4, 0.5) is 0 Å². The number of aromatic amines is 1. The smallest absolute Gasteiger partial charge is 0.145 e. The van der Waals surface area contributed by atoms with E-state index in [1.807, 2.05) is 23.5 Å². The summed E-state index contributed by atoms with van der Waals surface area (Å²) in [6, 6.07) is 4.36. The van der Waals surface area contributed by atoms with Crippen LogP contribution in [-0.2, 0) is 0 Å². The van der Waals surface area contributed by atoms with Crippen LogP contribution < -0.4 is 5.32 Å². The average molecular weight is 374 g/mol. The van der Waals surface area contributed by atoms with Crippen molar-refractivity contribution in [3.8, 4) is 0 Å². The topological polar surface area (TPSA) is 52.5 Å². The highest BCUT2D eigenvalue weighted by Gasteiger charge is 2.63. The van der Waals surface area contributed by atoms with Crippen LogP contribution in [0, 0.1) is 0 Å². The van der Waals surface area contributed by atoms with Gasteiger partial charge in [-0.3, -0.25) is 4.99 Å². The lowest BCUT2D eigenvalue weighted by molar-refractivity contribution is 0.607. The second-order valence-electron chi connectivity index (χ2n) is 7.28. The highest BCUT2D eigenvalue weighted by Crippen LogP contribution is 2.67. The molecule has 1 aromatic rings. The monoisotopic (exact) mass is 374 g/mol. The van der Waals surface area contributed by atoms with Crippen LogP contribution in [-0.4, -0.2) is 31.4 Å². The Labute approximate surface area is 159 Å². The van der Waals surface area contributed by atoms with Crippen molar-refractivity contribution in [2.75, 3.05) is 0 Å². The summed E-state index contributed by atoms with van der Waals surface area (Å²) in [6.07, 6.45) is 17.4. The molecule has 0 radical (unpaired) electrons. The molecular formula is C20H14N4S2. The molecule has 9 heterocycles. The molecule has 0 saturated carbocycles. The number of rotatable bonds is 0. The van der Waals surface area contributed by atoms with E-state index in [-0.39, 0.29) is 9.74 Å². The number of hydrogen-bond donors (Lipinski definition) is 2. The fourth-order valence-electron chi connectivity index (χ4n) is 4.49. The highest BCUT2D eigenvalue weighted by atomic mass is 32.2. The molecule has 1 aromatic heterocycles. The molecule has 4 nitrogen and oxygen atoms in total. The van der Waals surface area contributed by atoms with Gasteiger partial charge in [0.15, 0.2) is 0 Å². The minimum atomic E-state index is -0.240. The van der Waals surface area contributed by atoms with Crippen molar-refractivity contribution in [1.29, 1.82) is 0 Å². The molecule has 0 aromatic carbocycles. The third-order valence-corrected chi connectivity index (χ3v) is 9.26. The minimum Gasteiger partial charge on any atom is -0.366 e. The summed E-state index contributed by atoms with van der Waals surface area (Å²) in [4.78, 5) is 13.1. The van der Waals surface area contributed by atoms with Gasteiger partial charge in [0, 0.05) is 17.1 Å². The molecule has 26 heavy (non-hydrogen) atoms. The largest absolute Gasteiger partial charge is 0.366 e. The summed E-state index contributed by atoms with van der Waals surface area (Å²) in [6.45, 7) is 0. The number of H-pyrrole nitrogens is 1. The number of aromatic nitrogens is 1. The standard InChI is InChI=1S/C20H14N4S2/c1-2-12-10-14-5-7-19(23-14)18-16-6-8-20(24-16,26-19)17(25-18)15-4-3-13(22-15)9-11(1)21-12/h1-10,17-18,22-23H. The van der Waals surface area contributed by atoms with Crippen LogP contribution >= 0.6 is 23.5 Å². The lowest BCUT2D eigenvalue weighted by atomic mass is 10.1. The molecule has 1 saturated heterocycles. The molecule has 0 amide bonds. The maximum absolute atomic E-state index is 5.12. The number of hydrogen-bond acceptors (Lipinski definition) is 5. The predicted molar refractivity (Wildman–Crippen MR) is 109 cm³/mol. The van der Waals surface area contributed by atoms with Gasteiger partial charge in [-0.2, -0.15) is 0 Å². The molecule has 0 aliphatic carbocycles. The van der Waals surface area contributed by atoms with E-state index in [0.717, 1.165) is 22.8 Å². The van der Waals surface area contributed by atoms with Crippen LogP contribution in [0.25, 0.3) is 6.08 Å². The van der Waals surface area contributed by atoms with Gasteiger partial charge in [0.25, 0.3) is 0 Å². The quantitative estimate of drug-likeness (QED) is 0.728. The summed E-state index contributed by atoms with van der Waals surface area (Å²) in [7, 11) is 0.